The highest BCUT2D eigenvalue weighted by molar-refractivity contribution is 5.91. The van der Waals surface area contributed by atoms with Gasteiger partial charge in [0.2, 0.25) is 0 Å². The number of carboxylic acids is 1. The van der Waals surface area contributed by atoms with Crippen LogP contribution < -0.4 is 4.90 Å². The molecule has 7 heteroatoms. The molecule has 0 fully saturated rings. The number of anilines is 1. The van der Waals surface area contributed by atoms with Gasteiger partial charge in [0, 0.05) is 19.3 Å². The average molecular weight is 305 g/mol. The van der Waals surface area contributed by atoms with Crippen LogP contribution >= 0.6 is 0 Å². The van der Waals surface area contributed by atoms with E-state index in [0.717, 1.165) is 12.1 Å². The van der Waals surface area contributed by atoms with Crippen molar-refractivity contribution >= 4 is 11.7 Å². The summed E-state index contributed by atoms with van der Waals surface area (Å²) >= 11 is 0. The Hall–Kier alpha value is -1.76. The van der Waals surface area contributed by atoms with Crippen LogP contribution in [0.3, 0.4) is 0 Å². The summed E-state index contributed by atoms with van der Waals surface area (Å²) in [5.41, 5.74) is -1.50. The summed E-state index contributed by atoms with van der Waals surface area (Å²) in [6, 6.07) is 3.07. The van der Waals surface area contributed by atoms with Crippen molar-refractivity contribution < 1.29 is 27.8 Å². The summed E-state index contributed by atoms with van der Waals surface area (Å²) in [5.74, 6) is -1.60. The molecule has 0 aliphatic rings. The number of halogens is 3. The second kappa shape index (κ2) is 6.80. The van der Waals surface area contributed by atoms with Crippen molar-refractivity contribution in [3.05, 3.63) is 29.3 Å². The van der Waals surface area contributed by atoms with Crippen LogP contribution in [0, 0.1) is 0 Å². The van der Waals surface area contributed by atoms with Crippen LogP contribution in [0.25, 0.3) is 0 Å². The van der Waals surface area contributed by atoms with Crippen molar-refractivity contribution in [2.75, 3.05) is 25.1 Å². The minimum atomic E-state index is -4.69. The van der Waals surface area contributed by atoms with E-state index < -0.39 is 23.3 Å². The third-order valence-corrected chi connectivity index (χ3v) is 2.86. The van der Waals surface area contributed by atoms with Crippen LogP contribution in [0.4, 0.5) is 18.9 Å². The van der Waals surface area contributed by atoms with Gasteiger partial charge in [0.1, 0.15) is 0 Å². The highest BCUT2D eigenvalue weighted by Crippen LogP contribution is 2.33. The normalized spacial score (nSPS) is 11.8. The molecule has 0 radical (unpaired) electrons. The molecule has 1 rings (SSSR count). The number of nitrogens with zero attached hydrogens (tertiary/aromatic N) is 1. The van der Waals surface area contributed by atoms with Crippen molar-refractivity contribution in [2.45, 2.75) is 26.1 Å². The number of rotatable bonds is 6. The summed E-state index contributed by atoms with van der Waals surface area (Å²) < 4.78 is 43.6. The smallest absolute Gasteiger partial charge is 0.417 e. The van der Waals surface area contributed by atoms with Gasteiger partial charge in [-0.2, -0.15) is 13.2 Å². The van der Waals surface area contributed by atoms with E-state index in [1.165, 1.54) is 6.07 Å². The fourth-order valence-electron chi connectivity index (χ4n) is 1.75. The van der Waals surface area contributed by atoms with E-state index in [2.05, 4.69) is 0 Å². The molecule has 0 heterocycles. The predicted octanol–water partition coefficient (Wildman–Crippen LogP) is 3.26. The van der Waals surface area contributed by atoms with Crippen molar-refractivity contribution in [1.82, 2.24) is 0 Å². The van der Waals surface area contributed by atoms with Crippen molar-refractivity contribution in [3.8, 4) is 0 Å². The van der Waals surface area contributed by atoms with Crippen LogP contribution in [-0.4, -0.2) is 37.4 Å². The molecule has 4 nitrogen and oxygen atoms in total. The van der Waals surface area contributed by atoms with Gasteiger partial charge in [0.15, 0.2) is 0 Å². The van der Waals surface area contributed by atoms with Gasteiger partial charge in [-0.25, -0.2) is 4.79 Å². The van der Waals surface area contributed by atoms with Gasteiger partial charge in [0.05, 0.1) is 23.8 Å². The number of hydrogen-bond acceptors (Lipinski definition) is 3. The standard InChI is InChI=1S/C14H18F3NO3/c1-9(2)21-7-6-18(3)10-4-5-12(14(15,16)17)11(8-10)13(19)20/h4-5,8-9H,6-7H2,1-3H3,(H,19,20). The topological polar surface area (TPSA) is 49.8 Å². The van der Waals surface area contributed by atoms with E-state index >= 15 is 0 Å². The first-order valence-electron chi connectivity index (χ1n) is 6.40. The molecule has 0 aromatic heterocycles. The van der Waals surface area contributed by atoms with Gasteiger partial charge in [0.25, 0.3) is 0 Å². The number of ether oxygens (including phenoxy) is 1. The molecule has 21 heavy (non-hydrogen) atoms. The van der Waals surface area contributed by atoms with E-state index in [1.807, 2.05) is 13.8 Å². The first-order chi connectivity index (χ1) is 9.62. The Morgan fingerprint density at radius 1 is 1.38 bits per heavy atom. The third kappa shape index (κ3) is 4.93. The molecule has 0 saturated carbocycles. The van der Waals surface area contributed by atoms with E-state index in [0.29, 0.717) is 18.8 Å². The van der Waals surface area contributed by atoms with Crippen LogP contribution in [0.1, 0.15) is 29.8 Å². The van der Waals surface area contributed by atoms with Crippen LogP contribution in [-0.2, 0) is 10.9 Å². The molecule has 1 aromatic rings. The Bertz CT molecular complexity index is 501. The molecule has 0 bridgehead atoms. The quantitative estimate of drug-likeness (QED) is 0.876. The van der Waals surface area contributed by atoms with Gasteiger partial charge in [-0.1, -0.05) is 0 Å². The van der Waals surface area contributed by atoms with Crippen molar-refractivity contribution in [1.29, 1.82) is 0 Å². The summed E-state index contributed by atoms with van der Waals surface area (Å²) in [5, 5.41) is 8.94. The first-order valence-corrected chi connectivity index (χ1v) is 6.40. The maximum Gasteiger partial charge on any atom is 0.417 e. The minimum Gasteiger partial charge on any atom is -0.478 e. The summed E-state index contributed by atoms with van der Waals surface area (Å²) in [4.78, 5) is 12.7. The maximum atomic E-state index is 12.7. The predicted molar refractivity (Wildman–Crippen MR) is 72.8 cm³/mol. The molecule has 0 amide bonds. The molecule has 0 saturated heterocycles. The number of likely N-dealkylation sites (N-methyl/N-ethyl adjacent to an activating group) is 1. The van der Waals surface area contributed by atoms with Gasteiger partial charge in [-0.15, -0.1) is 0 Å². The SMILES string of the molecule is CC(C)OCCN(C)c1ccc(C(F)(F)F)c(C(=O)O)c1. The fraction of sp³-hybridized carbons (Fsp3) is 0.500. The molecule has 0 aliphatic carbocycles. The lowest BCUT2D eigenvalue weighted by Crippen LogP contribution is -2.24. The zero-order chi connectivity index (χ0) is 16.2. The van der Waals surface area contributed by atoms with Gasteiger partial charge >= 0.3 is 12.1 Å². The van der Waals surface area contributed by atoms with Crippen LogP contribution in [0.15, 0.2) is 18.2 Å². The number of carboxylic acid groups (broad SMARTS) is 1. The number of hydrogen-bond donors (Lipinski definition) is 1. The zero-order valence-corrected chi connectivity index (χ0v) is 12.1. The molecule has 0 spiro atoms. The molecular formula is C14H18F3NO3. The molecule has 0 aliphatic heterocycles. The molecule has 1 aromatic carbocycles. The van der Waals surface area contributed by atoms with Gasteiger partial charge in [-0.3, -0.25) is 0 Å². The van der Waals surface area contributed by atoms with E-state index in [4.69, 9.17) is 9.84 Å². The lowest BCUT2D eigenvalue weighted by Gasteiger charge is -2.21. The van der Waals surface area contributed by atoms with E-state index in [-0.39, 0.29) is 6.10 Å². The number of carbonyl (C=O) groups is 1. The highest BCUT2D eigenvalue weighted by atomic mass is 19.4. The highest BCUT2D eigenvalue weighted by Gasteiger charge is 2.35. The zero-order valence-electron chi connectivity index (χ0n) is 12.1. The second-order valence-electron chi connectivity index (χ2n) is 4.87. The Morgan fingerprint density at radius 3 is 2.48 bits per heavy atom. The van der Waals surface area contributed by atoms with Crippen LogP contribution in [0.5, 0.6) is 0 Å². The molecule has 0 atom stereocenters. The molecule has 0 unspecified atom stereocenters. The van der Waals surface area contributed by atoms with Gasteiger partial charge < -0.3 is 14.7 Å². The minimum absolute atomic E-state index is 0.0561. The third-order valence-electron chi connectivity index (χ3n) is 2.86. The largest absolute Gasteiger partial charge is 0.478 e. The van der Waals surface area contributed by atoms with E-state index in [1.54, 1.807) is 11.9 Å². The van der Waals surface area contributed by atoms with Crippen molar-refractivity contribution in [2.24, 2.45) is 0 Å². The number of aromatic carboxylic acids is 1. The van der Waals surface area contributed by atoms with Crippen molar-refractivity contribution in [3.63, 3.8) is 0 Å². The Morgan fingerprint density at radius 2 is 2.00 bits per heavy atom. The van der Waals surface area contributed by atoms with E-state index in [9.17, 15) is 18.0 Å². The van der Waals surface area contributed by atoms with Crippen LogP contribution in [0.2, 0.25) is 0 Å². The summed E-state index contributed by atoms with van der Waals surface area (Å²) in [7, 11) is 1.66. The first kappa shape index (κ1) is 17.3. The molecule has 118 valence electrons. The number of alkyl halides is 3. The molecular weight excluding hydrogens is 287 g/mol. The number of benzene rings is 1. The Balaban J connectivity index is 2.95. The fourth-order valence-corrected chi connectivity index (χ4v) is 1.75. The average Bonchev–Trinajstić information content (AvgIpc) is 2.36. The summed E-state index contributed by atoms with van der Waals surface area (Å²) in [6.07, 6.45) is -4.63. The second-order valence-corrected chi connectivity index (χ2v) is 4.87. The van der Waals surface area contributed by atoms with Gasteiger partial charge in [-0.05, 0) is 32.0 Å². The lowest BCUT2D eigenvalue weighted by atomic mass is 10.1. The molecule has 1 N–H and O–H groups in total. The summed E-state index contributed by atoms with van der Waals surface area (Å²) in [6.45, 7) is 4.60. The monoisotopic (exact) mass is 305 g/mol. The maximum absolute atomic E-state index is 12.7. The Labute approximate surface area is 121 Å². The Kier molecular flexibility index (Phi) is 5.60. The lowest BCUT2D eigenvalue weighted by molar-refractivity contribution is -0.138.